The highest BCUT2D eigenvalue weighted by molar-refractivity contribution is 4.39. The molecule has 0 aliphatic rings. The van der Waals surface area contributed by atoms with Gasteiger partial charge >= 0.3 is 6.18 Å². The SMILES string of the molecule is CC(C)O.OCC(F)(F)F. The molecule has 0 saturated carbocycles. The first-order valence-corrected chi connectivity index (χ1v) is 2.65. The summed E-state index contributed by atoms with van der Waals surface area (Å²) in [5, 5.41) is 15.3. The first-order chi connectivity index (χ1) is 4.29. The Kier molecular flexibility index (Phi) is 6.81. The Morgan fingerprint density at radius 3 is 1.40 bits per heavy atom. The Hall–Kier alpha value is -0.290. The second-order valence-electron chi connectivity index (χ2n) is 1.87. The fourth-order valence-corrected chi connectivity index (χ4v) is 0. The normalized spacial score (nSPS) is 10.8. The summed E-state index contributed by atoms with van der Waals surface area (Å²) in [6, 6.07) is 0. The molecule has 0 radical (unpaired) electrons. The fourth-order valence-electron chi connectivity index (χ4n) is 0. The van der Waals surface area contributed by atoms with Crippen LogP contribution >= 0.6 is 0 Å². The third kappa shape index (κ3) is 47.3. The van der Waals surface area contributed by atoms with Crippen LogP contribution in [0.25, 0.3) is 0 Å². The topological polar surface area (TPSA) is 40.5 Å². The summed E-state index contributed by atoms with van der Waals surface area (Å²) in [6.07, 6.45) is -4.57. The van der Waals surface area contributed by atoms with E-state index in [0.29, 0.717) is 0 Å². The summed E-state index contributed by atoms with van der Waals surface area (Å²) >= 11 is 0. The van der Waals surface area contributed by atoms with Crippen LogP contribution in [0.5, 0.6) is 0 Å². The van der Waals surface area contributed by atoms with E-state index in [0.717, 1.165) is 0 Å². The van der Waals surface area contributed by atoms with Gasteiger partial charge in [-0.25, -0.2) is 0 Å². The van der Waals surface area contributed by atoms with Crippen LogP contribution in [0.2, 0.25) is 0 Å². The van der Waals surface area contributed by atoms with Crippen molar-refractivity contribution in [1.82, 2.24) is 0 Å². The molecule has 0 amide bonds. The van der Waals surface area contributed by atoms with Crippen molar-refractivity contribution in [2.45, 2.75) is 26.1 Å². The molecular formula is C5H11F3O2. The van der Waals surface area contributed by atoms with Crippen LogP contribution in [0.3, 0.4) is 0 Å². The molecular weight excluding hydrogens is 149 g/mol. The Morgan fingerprint density at radius 2 is 1.40 bits per heavy atom. The summed E-state index contributed by atoms with van der Waals surface area (Å²) in [4.78, 5) is 0. The lowest BCUT2D eigenvalue weighted by atomic mass is 10.5. The monoisotopic (exact) mass is 160 g/mol. The van der Waals surface area contributed by atoms with Gasteiger partial charge < -0.3 is 10.2 Å². The summed E-state index contributed by atoms with van der Waals surface area (Å²) in [6.45, 7) is 1.72. The van der Waals surface area contributed by atoms with E-state index in [9.17, 15) is 13.2 Å². The second-order valence-corrected chi connectivity index (χ2v) is 1.87. The minimum absolute atomic E-state index is 0.167. The Morgan fingerprint density at radius 1 is 1.30 bits per heavy atom. The largest absolute Gasteiger partial charge is 0.411 e. The molecule has 0 rings (SSSR count). The molecule has 2 N–H and O–H groups in total. The van der Waals surface area contributed by atoms with E-state index in [4.69, 9.17) is 10.2 Å². The third-order valence-electron chi connectivity index (χ3n) is 0.179. The van der Waals surface area contributed by atoms with E-state index < -0.39 is 12.8 Å². The standard InChI is InChI=1S/C3H8O.C2H3F3O/c1-3(2)4;3-2(4,5)1-6/h3-4H,1-2H3;6H,1H2. The Labute approximate surface area is 57.3 Å². The molecule has 2 nitrogen and oxygen atoms in total. The van der Waals surface area contributed by atoms with E-state index in [1.54, 1.807) is 13.8 Å². The fraction of sp³-hybridized carbons (Fsp3) is 1.00. The lowest BCUT2D eigenvalue weighted by Gasteiger charge is -1.95. The molecule has 0 unspecified atom stereocenters. The van der Waals surface area contributed by atoms with Crippen LogP contribution in [-0.2, 0) is 0 Å². The van der Waals surface area contributed by atoms with Crippen molar-refractivity contribution in [2.75, 3.05) is 6.61 Å². The molecule has 0 heterocycles. The van der Waals surface area contributed by atoms with Crippen molar-refractivity contribution in [3.63, 3.8) is 0 Å². The van der Waals surface area contributed by atoms with Gasteiger partial charge in [0.15, 0.2) is 0 Å². The van der Waals surface area contributed by atoms with Crippen molar-refractivity contribution < 1.29 is 23.4 Å². The van der Waals surface area contributed by atoms with Crippen molar-refractivity contribution in [1.29, 1.82) is 0 Å². The van der Waals surface area contributed by atoms with Crippen LogP contribution in [-0.4, -0.2) is 29.1 Å². The van der Waals surface area contributed by atoms with Crippen LogP contribution in [0.1, 0.15) is 13.8 Å². The number of rotatable bonds is 0. The van der Waals surface area contributed by atoms with Crippen molar-refractivity contribution in [2.24, 2.45) is 0 Å². The zero-order valence-corrected chi connectivity index (χ0v) is 5.81. The molecule has 5 heteroatoms. The lowest BCUT2D eigenvalue weighted by Crippen LogP contribution is -2.12. The maximum atomic E-state index is 10.5. The molecule has 10 heavy (non-hydrogen) atoms. The maximum Gasteiger partial charge on any atom is 0.411 e. The Balaban J connectivity index is 0. The maximum absolute atomic E-state index is 10.5. The quantitative estimate of drug-likeness (QED) is 0.553. The number of alkyl halides is 3. The van der Waals surface area contributed by atoms with E-state index in [2.05, 4.69) is 0 Å². The molecule has 0 aromatic rings. The molecule has 0 aliphatic carbocycles. The van der Waals surface area contributed by atoms with Crippen LogP contribution in [0.15, 0.2) is 0 Å². The van der Waals surface area contributed by atoms with Gasteiger partial charge in [-0.3, -0.25) is 0 Å². The van der Waals surface area contributed by atoms with Gasteiger partial charge in [0.05, 0.1) is 0 Å². The molecule has 0 aliphatic heterocycles. The van der Waals surface area contributed by atoms with E-state index in [-0.39, 0.29) is 6.10 Å². The van der Waals surface area contributed by atoms with Gasteiger partial charge in [-0.1, -0.05) is 0 Å². The second kappa shape index (κ2) is 5.49. The molecule has 0 bridgehead atoms. The van der Waals surface area contributed by atoms with Crippen molar-refractivity contribution in [3.8, 4) is 0 Å². The highest BCUT2D eigenvalue weighted by atomic mass is 19.4. The van der Waals surface area contributed by atoms with E-state index >= 15 is 0 Å². The van der Waals surface area contributed by atoms with Gasteiger partial charge in [0.1, 0.15) is 6.61 Å². The van der Waals surface area contributed by atoms with Gasteiger partial charge in [0.2, 0.25) is 0 Å². The predicted octanol–water partition coefficient (Wildman–Crippen LogP) is 0.928. The highest BCUT2D eigenvalue weighted by Gasteiger charge is 2.24. The third-order valence-corrected chi connectivity index (χ3v) is 0.179. The number of aliphatic hydroxyl groups excluding tert-OH is 2. The predicted molar refractivity (Wildman–Crippen MR) is 30.5 cm³/mol. The van der Waals surface area contributed by atoms with Gasteiger partial charge in [-0.05, 0) is 13.8 Å². The average molecular weight is 160 g/mol. The number of halogens is 3. The summed E-state index contributed by atoms with van der Waals surface area (Å²) in [5.74, 6) is 0. The zero-order valence-electron chi connectivity index (χ0n) is 5.81. The summed E-state index contributed by atoms with van der Waals surface area (Å²) in [5.41, 5.74) is 0. The van der Waals surface area contributed by atoms with Crippen molar-refractivity contribution >= 4 is 0 Å². The molecule has 0 aromatic heterocycles. The summed E-state index contributed by atoms with van der Waals surface area (Å²) < 4.78 is 31.6. The number of hydrogen-bond acceptors (Lipinski definition) is 2. The first-order valence-electron chi connectivity index (χ1n) is 2.65. The van der Waals surface area contributed by atoms with Gasteiger partial charge in [0, 0.05) is 6.10 Å². The minimum atomic E-state index is -4.40. The summed E-state index contributed by atoms with van der Waals surface area (Å²) in [7, 11) is 0. The highest BCUT2D eigenvalue weighted by Crippen LogP contribution is 2.11. The number of aliphatic hydroxyl groups is 2. The molecule has 0 atom stereocenters. The lowest BCUT2D eigenvalue weighted by molar-refractivity contribution is -0.159. The molecule has 0 spiro atoms. The van der Waals surface area contributed by atoms with Crippen LogP contribution in [0, 0.1) is 0 Å². The molecule has 0 fully saturated rings. The molecule has 0 aromatic carbocycles. The van der Waals surface area contributed by atoms with Crippen LogP contribution < -0.4 is 0 Å². The average Bonchev–Trinajstić information content (AvgIpc) is 1.63. The smallest absolute Gasteiger partial charge is 0.394 e. The Bertz CT molecular complexity index is 67.0. The van der Waals surface area contributed by atoms with Gasteiger partial charge in [-0.15, -0.1) is 0 Å². The minimum Gasteiger partial charge on any atom is -0.394 e. The van der Waals surface area contributed by atoms with Gasteiger partial charge in [-0.2, -0.15) is 13.2 Å². The molecule has 0 saturated heterocycles. The van der Waals surface area contributed by atoms with Crippen LogP contribution in [0.4, 0.5) is 13.2 Å². The van der Waals surface area contributed by atoms with E-state index in [1.165, 1.54) is 0 Å². The number of hydrogen-bond donors (Lipinski definition) is 2. The molecule has 64 valence electrons. The van der Waals surface area contributed by atoms with Crippen molar-refractivity contribution in [3.05, 3.63) is 0 Å². The zero-order chi connectivity index (χ0) is 8.78. The van der Waals surface area contributed by atoms with Gasteiger partial charge in [0.25, 0.3) is 0 Å². The van der Waals surface area contributed by atoms with E-state index in [1.807, 2.05) is 0 Å². The first kappa shape index (κ1) is 12.4.